The zero-order valence-corrected chi connectivity index (χ0v) is 12.0. The fraction of sp³-hybridized carbons (Fsp3) is 0.615. The molecule has 0 amide bonds. The lowest BCUT2D eigenvalue weighted by Gasteiger charge is -2.26. The van der Waals surface area contributed by atoms with E-state index in [0.29, 0.717) is 17.0 Å². The van der Waals surface area contributed by atoms with Crippen LogP contribution in [0, 0.1) is 5.95 Å². The van der Waals surface area contributed by atoms with Crippen LogP contribution in [0.5, 0.6) is 5.88 Å². The summed E-state index contributed by atoms with van der Waals surface area (Å²) in [6.07, 6.45) is 4.93. The van der Waals surface area contributed by atoms with Crippen LogP contribution in [0.4, 0.5) is 4.39 Å². The van der Waals surface area contributed by atoms with Crippen LogP contribution >= 0.6 is 15.9 Å². The molecule has 0 atom stereocenters. The van der Waals surface area contributed by atoms with Crippen LogP contribution in [0.3, 0.4) is 0 Å². The summed E-state index contributed by atoms with van der Waals surface area (Å²) in [4.78, 5) is 6.17. The third-order valence-electron chi connectivity index (χ3n) is 3.09. The van der Waals surface area contributed by atoms with Crippen LogP contribution in [0.25, 0.3) is 0 Å². The molecule has 100 valence electrons. The second kappa shape index (κ2) is 7.04. The molecule has 1 saturated heterocycles. The molecule has 0 spiro atoms. The number of halogens is 2. The lowest BCUT2D eigenvalue weighted by atomic mass is 10.1. The van der Waals surface area contributed by atoms with Crippen molar-refractivity contribution in [3.05, 3.63) is 22.6 Å². The van der Waals surface area contributed by atoms with Gasteiger partial charge in [-0.1, -0.05) is 6.42 Å². The van der Waals surface area contributed by atoms with Gasteiger partial charge in [-0.3, -0.25) is 0 Å². The van der Waals surface area contributed by atoms with Gasteiger partial charge in [-0.2, -0.15) is 9.37 Å². The standard InChI is InChI=1S/C13H18BrFN2O/c14-11-5-6-12(16-13(11)15)18-10-4-9-17-7-2-1-3-8-17/h5-6H,1-4,7-10H2. The molecule has 0 aliphatic carbocycles. The minimum absolute atomic E-state index is 0.356. The molecule has 0 unspecified atom stereocenters. The predicted octanol–water partition coefficient (Wildman–Crippen LogP) is 3.24. The second-order valence-corrected chi connectivity index (χ2v) is 5.38. The molecule has 0 radical (unpaired) electrons. The Hall–Kier alpha value is -0.680. The zero-order chi connectivity index (χ0) is 12.8. The summed E-state index contributed by atoms with van der Waals surface area (Å²) < 4.78 is 18.9. The normalized spacial score (nSPS) is 16.8. The fourth-order valence-electron chi connectivity index (χ4n) is 2.13. The lowest BCUT2D eigenvalue weighted by molar-refractivity contribution is 0.202. The Kier molecular flexibility index (Phi) is 5.38. The molecule has 1 aromatic rings. The molecule has 2 heterocycles. The largest absolute Gasteiger partial charge is 0.478 e. The van der Waals surface area contributed by atoms with E-state index in [1.54, 1.807) is 12.1 Å². The van der Waals surface area contributed by atoms with Gasteiger partial charge in [-0.15, -0.1) is 0 Å². The van der Waals surface area contributed by atoms with E-state index in [-0.39, 0.29) is 0 Å². The number of pyridine rings is 1. The average Bonchev–Trinajstić information content (AvgIpc) is 2.40. The molecule has 1 aromatic heterocycles. The molecular weight excluding hydrogens is 299 g/mol. The maximum absolute atomic E-state index is 13.1. The summed E-state index contributed by atoms with van der Waals surface area (Å²) in [5.74, 6) is -0.169. The van der Waals surface area contributed by atoms with Crippen molar-refractivity contribution in [3.63, 3.8) is 0 Å². The number of hydrogen-bond donors (Lipinski definition) is 0. The molecule has 0 bridgehead atoms. The molecule has 2 rings (SSSR count). The number of ether oxygens (including phenoxy) is 1. The van der Waals surface area contributed by atoms with Crippen LogP contribution in [0.1, 0.15) is 25.7 Å². The van der Waals surface area contributed by atoms with Gasteiger partial charge >= 0.3 is 0 Å². The van der Waals surface area contributed by atoms with Crippen LogP contribution in [0.15, 0.2) is 16.6 Å². The Balaban J connectivity index is 1.66. The van der Waals surface area contributed by atoms with Crippen molar-refractivity contribution in [2.75, 3.05) is 26.2 Å². The van der Waals surface area contributed by atoms with E-state index >= 15 is 0 Å². The van der Waals surface area contributed by atoms with Crippen molar-refractivity contribution in [3.8, 4) is 5.88 Å². The van der Waals surface area contributed by atoms with E-state index in [9.17, 15) is 4.39 Å². The van der Waals surface area contributed by atoms with Gasteiger partial charge in [0.25, 0.3) is 0 Å². The zero-order valence-electron chi connectivity index (χ0n) is 10.4. The number of rotatable bonds is 5. The molecular formula is C13H18BrFN2O. The number of likely N-dealkylation sites (tertiary alicyclic amines) is 1. The van der Waals surface area contributed by atoms with Crippen LogP contribution in [-0.4, -0.2) is 36.1 Å². The highest BCUT2D eigenvalue weighted by Crippen LogP contribution is 2.17. The van der Waals surface area contributed by atoms with Gasteiger partial charge in [-0.05, 0) is 54.3 Å². The molecule has 0 aromatic carbocycles. The van der Waals surface area contributed by atoms with Crippen LogP contribution < -0.4 is 4.74 Å². The smallest absolute Gasteiger partial charge is 0.230 e. The number of aromatic nitrogens is 1. The molecule has 1 fully saturated rings. The van der Waals surface area contributed by atoms with Crippen molar-refractivity contribution < 1.29 is 9.13 Å². The Bertz CT molecular complexity index is 383. The fourth-order valence-corrected chi connectivity index (χ4v) is 2.35. The molecule has 1 aliphatic rings. The van der Waals surface area contributed by atoms with Crippen molar-refractivity contribution >= 4 is 15.9 Å². The number of piperidine rings is 1. The van der Waals surface area contributed by atoms with E-state index in [2.05, 4.69) is 25.8 Å². The van der Waals surface area contributed by atoms with E-state index in [1.807, 2.05) is 0 Å². The van der Waals surface area contributed by atoms with E-state index < -0.39 is 5.95 Å². The maximum atomic E-state index is 13.1. The SMILES string of the molecule is Fc1nc(OCCCN2CCCCC2)ccc1Br. The Morgan fingerprint density at radius 2 is 2.06 bits per heavy atom. The summed E-state index contributed by atoms with van der Waals surface area (Å²) in [7, 11) is 0. The van der Waals surface area contributed by atoms with Gasteiger partial charge in [0.05, 0.1) is 11.1 Å². The monoisotopic (exact) mass is 316 g/mol. The van der Waals surface area contributed by atoms with Crippen molar-refractivity contribution in [2.24, 2.45) is 0 Å². The predicted molar refractivity (Wildman–Crippen MR) is 72.3 cm³/mol. The number of hydrogen-bond acceptors (Lipinski definition) is 3. The van der Waals surface area contributed by atoms with Gasteiger partial charge in [0.15, 0.2) is 0 Å². The maximum Gasteiger partial charge on any atom is 0.230 e. The summed E-state index contributed by atoms with van der Waals surface area (Å²) in [6, 6.07) is 3.29. The quantitative estimate of drug-likeness (QED) is 0.616. The molecule has 0 saturated carbocycles. The molecule has 3 nitrogen and oxygen atoms in total. The third kappa shape index (κ3) is 4.21. The van der Waals surface area contributed by atoms with Gasteiger partial charge < -0.3 is 9.64 Å². The van der Waals surface area contributed by atoms with Gasteiger partial charge in [0.2, 0.25) is 11.8 Å². The van der Waals surface area contributed by atoms with Crippen molar-refractivity contribution in [1.29, 1.82) is 0 Å². The minimum atomic E-state index is -0.525. The minimum Gasteiger partial charge on any atom is -0.478 e. The Morgan fingerprint density at radius 1 is 1.28 bits per heavy atom. The Labute approximate surface area is 115 Å². The topological polar surface area (TPSA) is 25.4 Å². The molecule has 0 N–H and O–H groups in total. The number of nitrogens with zero attached hydrogens (tertiary/aromatic N) is 2. The summed E-state index contributed by atoms with van der Waals surface area (Å²) in [6.45, 7) is 4.04. The highest BCUT2D eigenvalue weighted by Gasteiger charge is 2.09. The second-order valence-electron chi connectivity index (χ2n) is 4.53. The summed E-state index contributed by atoms with van der Waals surface area (Å²) in [5.41, 5.74) is 0. The lowest BCUT2D eigenvalue weighted by Crippen LogP contribution is -2.31. The first-order valence-corrected chi connectivity index (χ1v) is 7.22. The van der Waals surface area contributed by atoms with Crippen molar-refractivity contribution in [1.82, 2.24) is 9.88 Å². The van der Waals surface area contributed by atoms with Gasteiger partial charge in [0, 0.05) is 12.6 Å². The average molecular weight is 317 g/mol. The van der Waals surface area contributed by atoms with E-state index in [1.165, 1.54) is 32.4 Å². The molecule has 18 heavy (non-hydrogen) atoms. The first-order valence-electron chi connectivity index (χ1n) is 6.43. The summed E-state index contributed by atoms with van der Waals surface area (Å²) in [5, 5.41) is 0. The molecule has 5 heteroatoms. The third-order valence-corrected chi connectivity index (χ3v) is 3.69. The Morgan fingerprint density at radius 3 is 2.78 bits per heavy atom. The molecule has 1 aliphatic heterocycles. The van der Waals surface area contributed by atoms with Gasteiger partial charge in [-0.25, -0.2) is 0 Å². The highest BCUT2D eigenvalue weighted by atomic mass is 79.9. The first-order chi connectivity index (χ1) is 8.75. The first kappa shape index (κ1) is 13.7. The van der Waals surface area contributed by atoms with Crippen LogP contribution in [-0.2, 0) is 0 Å². The van der Waals surface area contributed by atoms with Gasteiger partial charge in [0.1, 0.15) is 0 Å². The summed E-state index contributed by atoms with van der Waals surface area (Å²) >= 11 is 3.06. The van der Waals surface area contributed by atoms with Crippen LogP contribution in [0.2, 0.25) is 0 Å². The van der Waals surface area contributed by atoms with E-state index in [0.717, 1.165) is 13.0 Å². The van der Waals surface area contributed by atoms with E-state index in [4.69, 9.17) is 4.74 Å². The highest BCUT2D eigenvalue weighted by molar-refractivity contribution is 9.10. The van der Waals surface area contributed by atoms with Crippen molar-refractivity contribution in [2.45, 2.75) is 25.7 Å².